The molecule has 2 aliphatic rings. The lowest BCUT2D eigenvalue weighted by atomic mass is 9.93. The summed E-state index contributed by atoms with van der Waals surface area (Å²) in [4.78, 5) is 26.7. The monoisotopic (exact) mass is 491 g/mol. The highest BCUT2D eigenvalue weighted by molar-refractivity contribution is 6.32. The zero-order valence-corrected chi connectivity index (χ0v) is 19.9. The Kier molecular flexibility index (Phi) is 6.64. The number of carbonyl (C=O) groups is 2. The second-order valence-electron chi connectivity index (χ2n) is 8.94. The molecule has 1 unspecified atom stereocenters. The molecule has 1 amide bonds. The SMILES string of the molecule is O=C(O)C1CCOc2cc(Oc3ccc(C(=O)N(CCc4ccccc4)C4CC4)cc3)c(Cl)cc21. The van der Waals surface area contributed by atoms with Crippen LogP contribution < -0.4 is 9.47 Å². The van der Waals surface area contributed by atoms with Crippen LogP contribution in [0.4, 0.5) is 0 Å². The molecule has 1 fully saturated rings. The van der Waals surface area contributed by atoms with E-state index in [-0.39, 0.29) is 5.91 Å². The largest absolute Gasteiger partial charge is 0.493 e. The zero-order chi connectivity index (χ0) is 24.4. The third-order valence-electron chi connectivity index (χ3n) is 6.46. The van der Waals surface area contributed by atoms with Gasteiger partial charge in [-0.15, -0.1) is 0 Å². The van der Waals surface area contributed by atoms with E-state index in [0.29, 0.717) is 59.0 Å². The maximum absolute atomic E-state index is 13.2. The van der Waals surface area contributed by atoms with Crippen LogP contribution in [0, 0.1) is 0 Å². The number of fused-ring (bicyclic) bond motifs is 1. The van der Waals surface area contributed by atoms with E-state index < -0.39 is 11.9 Å². The molecule has 0 saturated heterocycles. The summed E-state index contributed by atoms with van der Waals surface area (Å²) in [6.45, 7) is 1.01. The van der Waals surface area contributed by atoms with Crippen LogP contribution in [0.1, 0.15) is 46.7 Å². The highest BCUT2D eigenvalue weighted by Crippen LogP contribution is 2.42. The van der Waals surface area contributed by atoms with E-state index in [1.54, 1.807) is 36.4 Å². The summed E-state index contributed by atoms with van der Waals surface area (Å²) in [6, 6.07) is 20.7. The predicted octanol–water partition coefficient (Wildman–Crippen LogP) is 5.93. The first kappa shape index (κ1) is 23.2. The lowest BCUT2D eigenvalue weighted by molar-refractivity contribution is -0.139. The Labute approximate surface area is 209 Å². The first-order valence-corrected chi connectivity index (χ1v) is 12.2. The van der Waals surface area contributed by atoms with Gasteiger partial charge in [-0.1, -0.05) is 41.9 Å². The van der Waals surface area contributed by atoms with Crippen LogP contribution in [-0.4, -0.2) is 41.1 Å². The second kappa shape index (κ2) is 10.0. The molecule has 3 aromatic carbocycles. The molecule has 3 aromatic rings. The van der Waals surface area contributed by atoms with Crippen molar-refractivity contribution < 1.29 is 24.2 Å². The minimum atomic E-state index is -0.899. The molecule has 7 heteroatoms. The van der Waals surface area contributed by atoms with E-state index in [4.69, 9.17) is 21.1 Å². The number of rotatable bonds is 8. The predicted molar refractivity (Wildman–Crippen MR) is 133 cm³/mol. The smallest absolute Gasteiger partial charge is 0.311 e. The molecule has 180 valence electrons. The van der Waals surface area contributed by atoms with Crippen molar-refractivity contribution in [1.29, 1.82) is 0 Å². The molecular formula is C28H26ClNO5. The quantitative estimate of drug-likeness (QED) is 0.422. The molecule has 0 aromatic heterocycles. The maximum atomic E-state index is 13.2. The highest BCUT2D eigenvalue weighted by Gasteiger charge is 2.33. The molecule has 1 N–H and O–H groups in total. The molecule has 1 heterocycles. The average Bonchev–Trinajstić information content (AvgIpc) is 3.70. The third-order valence-corrected chi connectivity index (χ3v) is 6.76. The summed E-state index contributed by atoms with van der Waals surface area (Å²) in [5, 5.41) is 9.77. The van der Waals surface area contributed by atoms with Crippen LogP contribution in [0.3, 0.4) is 0 Å². The minimum Gasteiger partial charge on any atom is -0.493 e. The van der Waals surface area contributed by atoms with E-state index in [9.17, 15) is 14.7 Å². The summed E-state index contributed by atoms with van der Waals surface area (Å²) in [6.07, 6.45) is 3.32. The molecule has 1 aliphatic heterocycles. The normalized spacial score (nSPS) is 16.7. The molecule has 0 spiro atoms. The lowest BCUT2D eigenvalue weighted by Gasteiger charge is -2.24. The van der Waals surface area contributed by atoms with Crippen LogP contribution in [0.5, 0.6) is 17.2 Å². The van der Waals surface area contributed by atoms with Crippen LogP contribution in [-0.2, 0) is 11.2 Å². The van der Waals surface area contributed by atoms with Crippen molar-refractivity contribution in [3.63, 3.8) is 0 Å². The average molecular weight is 492 g/mol. The Bertz CT molecular complexity index is 1220. The Hall–Kier alpha value is -3.51. The molecule has 0 radical (unpaired) electrons. The van der Waals surface area contributed by atoms with Crippen molar-refractivity contribution in [3.05, 3.63) is 88.4 Å². The van der Waals surface area contributed by atoms with Crippen molar-refractivity contribution in [2.24, 2.45) is 0 Å². The fourth-order valence-corrected chi connectivity index (χ4v) is 4.62. The van der Waals surface area contributed by atoms with Crippen molar-refractivity contribution in [2.45, 2.75) is 37.6 Å². The van der Waals surface area contributed by atoms with Crippen LogP contribution >= 0.6 is 11.6 Å². The number of carboxylic acid groups (broad SMARTS) is 1. The Balaban J connectivity index is 1.28. The number of carbonyl (C=O) groups excluding carboxylic acids is 1. The van der Waals surface area contributed by atoms with Crippen molar-refractivity contribution in [3.8, 4) is 17.2 Å². The van der Waals surface area contributed by atoms with Gasteiger partial charge in [-0.2, -0.15) is 0 Å². The lowest BCUT2D eigenvalue weighted by Crippen LogP contribution is -2.34. The van der Waals surface area contributed by atoms with Crippen molar-refractivity contribution in [2.75, 3.05) is 13.2 Å². The topological polar surface area (TPSA) is 76.1 Å². The number of carboxylic acids is 1. The summed E-state index contributed by atoms with van der Waals surface area (Å²) >= 11 is 6.40. The van der Waals surface area contributed by atoms with Gasteiger partial charge in [0.15, 0.2) is 0 Å². The van der Waals surface area contributed by atoms with Gasteiger partial charge in [-0.25, -0.2) is 0 Å². The summed E-state index contributed by atoms with van der Waals surface area (Å²) in [5.74, 6) is -0.159. The van der Waals surface area contributed by atoms with Crippen LogP contribution in [0.15, 0.2) is 66.7 Å². The molecule has 1 aliphatic carbocycles. The Morgan fingerprint density at radius 2 is 1.77 bits per heavy atom. The Morgan fingerprint density at radius 1 is 1.03 bits per heavy atom. The maximum Gasteiger partial charge on any atom is 0.311 e. The minimum absolute atomic E-state index is 0.0231. The van der Waals surface area contributed by atoms with Gasteiger partial charge in [-0.05, 0) is 61.6 Å². The van der Waals surface area contributed by atoms with Gasteiger partial charge in [-0.3, -0.25) is 9.59 Å². The van der Waals surface area contributed by atoms with Gasteiger partial charge in [0, 0.05) is 29.8 Å². The van der Waals surface area contributed by atoms with Gasteiger partial charge in [0.2, 0.25) is 0 Å². The van der Waals surface area contributed by atoms with Gasteiger partial charge in [0.25, 0.3) is 5.91 Å². The first-order chi connectivity index (χ1) is 17.0. The number of nitrogens with zero attached hydrogens (tertiary/aromatic N) is 1. The highest BCUT2D eigenvalue weighted by atomic mass is 35.5. The molecule has 1 atom stereocenters. The molecule has 35 heavy (non-hydrogen) atoms. The second-order valence-corrected chi connectivity index (χ2v) is 9.35. The standard InChI is InChI=1S/C28H26ClNO5/c29-24-16-23-22(28(32)33)13-15-34-25(23)17-26(24)35-21-10-6-19(7-11-21)27(31)30(20-8-9-20)14-12-18-4-2-1-3-5-18/h1-7,10-11,16-17,20,22H,8-9,12-15H2,(H,32,33). The van der Waals surface area contributed by atoms with Gasteiger partial charge < -0.3 is 19.5 Å². The first-order valence-electron chi connectivity index (χ1n) is 11.8. The number of benzene rings is 3. The number of halogens is 1. The van der Waals surface area contributed by atoms with Gasteiger partial charge >= 0.3 is 5.97 Å². The summed E-state index contributed by atoms with van der Waals surface area (Å²) in [7, 11) is 0. The molecule has 1 saturated carbocycles. The Morgan fingerprint density at radius 3 is 2.46 bits per heavy atom. The number of aliphatic carboxylic acids is 1. The number of amides is 1. The molecule has 5 rings (SSSR count). The van der Waals surface area contributed by atoms with E-state index in [2.05, 4.69) is 12.1 Å². The molecular weight excluding hydrogens is 466 g/mol. The van der Waals surface area contributed by atoms with E-state index in [1.165, 1.54) is 5.56 Å². The van der Waals surface area contributed by atoms with Gasteiger partial charge in [0.1, 0.15) is 17.2 Å². The van der Waals surface area contributed by atoms with Crippen molar-refractivity contribution in [1.82, 2.24) is 4.90 Å². The van der Waals surface area contributed by atoms with Crippen LogP contribution in [0.2, 0.25) is 5.02 Å². The molecule has 0 bridgehead atoms. The fraction of sp³-hybridized carbons (Fsp3) is 0.286. The summed E-state index contributed by atoms with van der Waals surface area (Å²) in [5.41, 5.74) is 2.38. The van der Waals surface area contributed by atoms with Gasteiger partial charge in [0.05, 0.1) is 17.5 Å². The number of ether oxygens (including phenoxy) is 2. The fourth-order valence-electron chi connectivity index (χ4n) is 4.41. The third kappa shape index (κ3) is 5.28. The van der Waals surface area contributed by atoms with E-state index >= 15 is 0 Å². The summed E-state index contributed by atoms with van der Waals surface area (Å²) < 4.78 is 11.6. The van der Waals surface area contributed by atoms with Crippen LogP contribution in [0.25, 0.3) is 0 Å². The zero-order valence-electron chi connectivity index (χ0n) is 19.2. The number of hydrogen-bond donors (Lipinski definition) is 1. The molecule has 6 nitrogen and oxygen atoms in total. The number of hydrogen-bond acceptors (Lipinski definition) is 4. The van der Waals surface area contributed by atoms with E-state index in [0.717, 1.165) is 19.3 Å². The van der Waals surface area contributed by atoms with E-state index in [1.807, 2.05) is 23.1 Å². The van der Waals surface area contributed by atoms with Crippen molar-refractivity contribution >= 4 is 23.5 Å².